The van der Waals surface area contributed by atoms with E-state index >= 15 is 0 Å². The molecule has 2 heterocycles. The normalized spacial score (nSPS) is 11.1. The Hall–Kier alpha value is -3.87. The molecule has 0 aliphatic rings. The summed E-state index contributed by atoms with van der Waals surface area (Å²) in [5.41, 5.74) is 5.21. The molecular weight excluding hydrogens is 573 g/mol. The van der Waals surface area contributed by atoms with Crippen molar-refractivity contribution < 1.29 is 0 Å². The van der Waals surface area contributed by atoms with Gasteiger partial charge < -0.3 is 9.13 Å². The van der Waals surface area contributed by atoms with Gasteiger partial charge in [-0.1, -0.05) is 113 Å². The Morgan fingerprint density at radius 3 is 1.60 bits per heavy atom. The van der Waals surface area contributed by atoms with Crippen LogP contribution in [-0.2, 0) is 14.1 Å². The number of aryl methyl sites for hydroxylation is 2. The number of fused-ring (bicyclic) bond motifs is 10. The number of rotatable bonds is 0. The molecule has 0 aliphatic carbocycles. The fourth-order valence-electron chi connectivity index (χ4n) is 5.94. The van der Waals surface area contributed by atoms with Crippen LogP contribution in [0.15, 0.2) is 124 Å². The van der Waals surface area contributed by atoms with Gasteiger partial charge in [0.15, 0.2) is 0 Å². The van der Waals surface area contributed by atoms with Crippen LogP contribution in [-0.4, -0.2) is 16.8 Å². The predicted octanol–water partition coefficient (Wildman–Crippen LogP) is 9.92. The molecule has 6 aromatic carbocycles. The summed E-state index contributed by atoms with van der Waals surface area (Å²) in [6.07, 6.45) is 0. The maximum absolute atomic E-state index is 4.34. The van der Waals surface area contributed by atoms with Crippen molar-refractivity contribution in [1.82, 2.24) is 9.13 Å². The van der Waals surface area contributed by atoms with E-state index in [1.165, 1.54) is 65.2 Å². The van der Waals surface area contributed by atoms with Gasteiger partial charge in [-0.25, -0.2) is 0 Å². The first-order valence-electron chi connectivity index (χ1n) is 13.0. The molecule has 40 heavy (non-hydrogen) atoms. The van der Waals surface area contributed by atoms with Crippen LogP contribution in [0.3, 0.4) is 0 Å². The van der Waals surface area contributed by atoms with E-state index in [-0.39, 0.29) is 0 Å². The maximum atomic E-state index is 4.34. The van der Waals surface area contributed by atoms with E-state index in [1.807, 2.05) is 0 Å². The molecule has 0 atom stereocenters. The molecule has 0 aliphatic heterocycles. The SMILES string of the molecule is Cn1c2ccccc2c2cc(Br)c3ccccc3c21.Cn1c2ccccc2c2ccc3ccccc3c21.[B]=NS. The monoisotopic (exact) mass is 598 g/mol. The fraction of sp³-hybridized carbons (Fsp3) is 0.0588. The number of nitrogens with zero attached hydrogens (tertiary/aromatic N) is 3. The van der Waals surface area contributed by atoms with E-state index in [2.05, 4.69) is 179 Å². The molecular formula is C34H26BBrN3S. The van der Waals surface area contributed by atoms with Gasteiger partial charge in [0.2, 0.25) is 0 Å². The van der Waals surface area contributed by atoms with E-state index in [4.69, 9.17) is 0 Å². The van der Waals surface area contributed by atoms with Gasteiger partial charge >= 0.3 is 24.8 Å². The number of aromatic nitrogens is 2. The van der Waals surface area contributed by atoms with Crippen LogP contribution in [0.1, 0.15) is 0 Å². The molecule has 1 radical (unpaired) electrons. The molecule has 0 bridgehead atoms. The van der Waals surface area contributed by atoms with E-state index in [0.29, 0.717) is 0 Å². The number of halogens is 1. The summed E-state index contributed by atoms with van der Waals surface area (Å²) in [4.78, 5) is 0. The van der Waals surface area contributed by atoms with E-state index in [0.717, 1.165) is 4.47 Å². The summed E-state index contributed by atoms with van der Waals surface area (Å²) in [5.74, 6) is 0. The zero-order valence-electron chi connectivity index (χ0n) is 22.2. The third-order valence-electron chi connectivity index (χ3n) is 7.65. The molecule has 3 nitrogen and oxygen atoms in total. The van der Waals surface area contributed by atoms with Crippen molar-refractivity contribution in [3.05, 3.63) is 120 Å². The zero-order chi connectivity index (χ0) is 27.8. The Labute approximate surface area is 247 Å². The van der Waals surface area contributed by atoms with E-state index < -0.39 is 0 Å². The Morgan fingerprint density at radius 2 is 0.975 bits per heavy atom. The van der Waals surface area contributed by atoms with Crippen molar-refractivity contribution in [3.8, 4) is 0 Å². The first kappa shape index (κ1) is 26.4. The first-order valence-corrected chi connectivity index (χ1v) is 14.2. The third-order valence-corrected chi connectivity index (χ3v) is 8.30. The number of hydrogen-bond acceptors (Lipinski definition) is 2. The van der Waals surface area contributed by atoms with Crippen molar-refractivity contribution in [3.63, 3.8) is 0 Å². The zero-order valence-corrected chi connectivity index (χ0v) is 24.7. The number of hydrogen-bond donors (Lipinski definition) is 1. The van der Waals surface area contributed by atoms with Gasteiger partial charge in [0.05, 0.1) is 11.0 Å². The average molecular weight is 599 g/mol. The van der Waals surface area contributed by atoms with E-state index in [1.54, 1.807) is 0 Å². The fourth-order valence-corrected chi connectivity index (χ4v) is 6.52. The van der Waals surface area contributed by atoms with Crippen molar-refractivity contribution in [1.29, 1.82) is 0 Å². The molecule has 0 fully saturated rings. The molecule has 0 amide bonds. The third kappa shape index (κ3) is 4.32. The standard InChI is InChI=1S/C17H12BrN.C17H13N.BHNS/c1-19-16-9-5-4-7-12(16)14-10-15(18)11-6-2-3-8-13(11)17(14)19;1-18-16-9-5-4-8-14(16)15-11-10-12-6-2-3-7-13(12)17(15)18;1-2-3/h2-10H,1H3;2-11H,1H3;3H. The van der Waals surface area contributed by atoms with Crippen LogP contribution in [0, 0.1) is 0 Å². The Bertz CT molecular complexity index is 2200. The molecule has 6 heteroatoms. The molecule has 0 unspecified atom stereocenters. The molecule has 0 saturated heterocycles. The van der Waals surface area contributed by atoms with Crippen LogP contribution in [0.2, 0.25) is 0 Å². The van der Waals surface area contributed by atoms with Crippen LogP contribution in [0.25, 0.3) is 65.2 Å². The minimum absolute atomic E-state index is 1.16. The number of thiol groups is 1. The summed E-state index contributed by atoms with van der Waals surface area (Å²) in [6.45, 7) is 0. The van der Waals surface area contributed by atoms with Crippen molar-refractivity contribution in [2.45, 2.75) is 0 Å². The molecule has 0 saturated carbocycles. The van der Waals surface area contributed by atoms with Gasteiger partial charge in [0.1, 0.15) is 0 Å². The van der Waals surface area contributed by atoms with Crippen LogP contribution < -0.4 is 0 Å². The van der Waals surface area contributed by atoms with Gasteiger partial charge in [-0.2, -0.15) is 0 Å². The number of benzene rings is 6. The second-order valence-corrected chi connectivity index (χ2v) is 10.8. The number of para-hydroxylation sites is 2. The van der Waals surface area contributed by atoms with Crippen LogP contribution in [0.4, 0.5) is 0 Å². The van der Waals surface area contributed by atoms with Gasteiger partial charge in [0, 0.05) is 61.9 Å². The van der Waals surface area contributed by atoms with Gasteiger partial charge in [0.25, 0.3) is 0 Å². The quantitative estimate of drug-likeness (QED) is 0.132. The summed E-state index contributed by atoms with van der Waals surface area (Å²) in [6, 6.07) is 41.0. The average Bonchev–Trinajstić information content (AvgIpc) is 3.45. The summed E-state index contributed by atoms with van der Waals surface area (Å²) in [7, 11) is 8.63. The Morgan fingerprint density at radius 1 is 0.550 bits per heavy atom. The topological polar surface area (TPSA) is 22.2 Å². The summed E-state index contributed by atoms with van der Waals surface area (Å²) < 4.78 is 8.44. The first-order chi connectivity index (χ1) is 19.5. The van der Waals surface area contributed by atoms with Crippen LogP contribution >= 0.6 is 28.7 Å². The second kappa shape index (κ2) is 11.0. The molecule has 0 N–H and O–H groups in total. The molecule has 8 rings (SSSR count). The van der Waals surface area contributed by atoms with Crippen LogP contribution in [0.5, 0.6) is 0 Å². The molecule has 193 valence electrons. The minimum atomic E-state index is 1.16. The summed E-state index contributed by atoms with van der Waals surface area (Å²) in [5, 5.41) is 10.5. The Balaban J connectivity index is 0.000000132. The van der Waals surface area contributed by atoms with E-state index in [9.17, 15) is 0 Å². The molecule has 8 aromatic rings. The second-order valence-electron chi connectivity index (χ2n) is 9.75. The summed E-state index contributed by atoms with van der Waals surface area (Å²) >= 11 is 6.90. The van der Waals surface area contributed by atoms with Gasteiger partial charge in [-0.3, -0.25) is 0 Å². The predicted molar refractivity (Wildman–Crippen MR) is 181 cm³/mol. The van der Waals surface area contributed by atoms with Gasteiger partial charge in [-0.15, -0.1) is 0 Å². The van der Waals surface area contributed by atoms with Crippen molar-refractivity contribution in [2.75, 3.05) is 0 Å². The van der Waals surface area contributed by atoms with Crippen molar-refractivity contribution in [2.24, 2.45) is 18.4 Å². The molecule has 2 aromatic heterocycles. The molecule has 0 spiro atoms. The Kier molecular flexibility index (Phi) is 7.22. The van der Waals surface area contributed by atoms with Gasteiger partial charge in [-0.05, 0) is 29.0 Å². The van der Waals surface area contributed by atoms with Crippen molar-refractivity contribution >= 4 is 102 Å².